The maximum Gasteiger partial charge on any atom is 0.226 e. The van der Waals surface area contributed by atoms with E-state index >= 15 is 0 Å². The second kappa shape index (κ2) is 4.00. The maximum absolute atomic E-state index is 12.7. The standard InChI is InChI=1S/C18H18N2O/c21-18-14-7-2-1-6-13(14)17-16-12(9-10-20(17)18)11-5-3-4-8-15(11)19-16/h1-5,8,13-14,17,19H,6-7,9-10H2/t13-,14-,17+/m1/s1. The fraction of sp³-hybridized carbons (Fsp3) is 0.389. The predicted octanol–water partition coefficient (Wildman–Crippen LogP) is 3.19. The molecule has 0 spiro atoms. The lowest BCUT2D eigenvalue weighted by atomic mass is 9.79. The number of nitrogens with one attached hydrogen (secondary N) is 1. The predicted molar refractivity (Wildman–Crippen MR) is 81.8 cm³/mol. The Labute approximate surface area is 123 Å². The molecule has 3 heterocycles. The Morgan fingerprint density at radius 3 is 2.95 bits per heavy atom. The van der Waals surface area contributed by atoms with Gasteiger partial charge in [-0.3, -0.25) is 4.79 Å². The minimum absolute atomic E-state index is 0.206. The summed E-state index contributed by atoms with van der Waals surface area (Å²) in [6.07, 6.45) is 7.38. The first-order chi connectivity index (χ1) is 10.3. The van der Waals surface area contributed by atoms with Crippen molar-refractivity contribution >= 4 is 16.8 Å². The van der Waals surface area contributed by atoms with Crippen LogP contribution in [0.1, 0.15) is 30.1 Å². The van der Waals surface area contributed by atoms with Gasteiger partial charge in [-0.15, -0.1) is 0 Å². The molecule has 1 aromatic carbocycles. The number of nitrogens with zero attached hydrogens (tertiary/aromatic N) is 1. The highest BCUT2D eigenvalue weighted by atomic mass is 16.2. The molecule has 1 N–H and O–H groups in total. The number of carbonyl (C=O) groups excluding carboxylic acids is 1. The lowest BCUT2D eigenvalue weighted by molar-refractivity contribution is -0.132. The molecule has 5 rings (SSSR count). The lowest BCUT2D eigenvalue weighted by Crippen LogP contribution is -2.35. The van der Waals surface area contributed by atoms with Crippen LogP contribution in [0.15, 0.2) is 36.4 Å². The van der Waals surface area contributed by atoms with Crippen LogP contribution in [-0.4, -0.2) is 22.3 Å². The largest absolute Gasteiger partial charge is 0.356 e. The van der Waals surface area contributed by atoms with Crippen molar-refractivity contribution in [2.45, 2.75) is 25.3 Å². The lowest BCUT2D eigenvalue weighted by Gasteiger charge is -2.33. The molecule has 1 aliphatic carbocycles. The fourth-order valence-electron chi connectivity index (χ4n) is 4.64. The van der Waals surface area contributed by atoms with E-state index in [1.807, 2.05) is 0 Å². The van der Waals surface area contributed by atoms with Crippen molar-refractivity contribution in [3.05, 3.63) is 47.7 Å². The fourth-order valence-corrected chi connectivity index (χ4v) is 4.64. The van der Waals surface area contributed by atoms with E-state index in [1.54, 1.807) is 0 Å². The molecule has 3 nitrogen and oxygen atoms in total. The summed E-state index contributed by atoms with van der Waals surface area (Å²) in [5, 5.41) is 1.34. The SMILES string of the molecule is O=C1[C@@H]2CC=CC[C@H]2[C@H]2c3[nH]c4ccccc4c3CCN12. The summed E-state index contributed by atoms with van der Waals surface area (Å²) in [4.78, 5) is 18.4. The Morgan fingerprint density at radius 2 is 2.00 bits per heavy atom. The number of fused-ring (bicyclic) bond motifs is 7. The number of benzene rings is 1. The molecule has 106 valence electrons. The first-order valence-corrected chi connectivity index (χ1v) is 7.89. The Morgan fingerprint density at radius 1 is 1.14 bits per heavy atom. The molecule has 2 aliphatic heterocycles. The molecular weight excluding hydrogens is 260 g/mol. The molecule has 2 aromatic rings. The Bertz CT molecular complexity index is 773. The number of aromatic nitrogens is 1. The van der Waals surface area contributed by atoms with Crippen molar-refractivity contribution < 1.29 is 4.79 Å². The van der Waals surface area contributed by atoms with E-state index in [-0.39, 0.29) is 12.0 Å². The topological polar surface area (TPSA) is 36.1 Å². The highest BCUT2D eigenvalue weighted by Crippen LogP contribution is 2.50. The van der Waals surface area contributed by atoms with Gasteiger partial charge < -0.3 is 9.88 Å². The minimum Gasteiger partial charge on any atom is -0.356 e. The molecule has 3 heteroatoms. The van der Waals surface area contributed by atoms with Gasteiger partial charge in [0.05, 0.1) is 6.04 Å². The number of allylic oxidation sites excluding steroid dienone is 2. The van der Waals surface area contributed by atoms with Crippen LogP contribution in [0.4, 0.5) is 0 Å². The molecular formula is C18H18N2O. The second-order valence-corrected chi connectivity index (χ2v) is 6.50. The van der Waals surface area contributed by atoms with Gasteiger partial charge in [0.25, 0.3) is 0 Å². The third kappa shape index (κ3) is 1.41. The molecule has 1 fully saturated rings. The van der Waals surface area contributed by atoms with E-state index in [2.05, 4.69) is 46.3 Å². The quantitative estimate of drug-likeness (QED) is 0.738. The van der Waals surface area contributed by atoms with Crippen molar-refractivity contribution in [3.63, 3.8) is 0 Å². The van der Waals surface area contributed by atoms with Crippen molar-refractivity contribution in [2.75, 3.05) is 6.54 Å². The summed E-state index contributed by atoms with van der Waals surface area (Å²) in [6, 6.07) is 8.80. The van der Waals surface area contributed by atoms with E-state index in [9.17, 15) is 4.79 Å². The Kier molecular flexibility index (Phi) is 2.21. The first kappa shape index (κ1) is 11.6. The van der Waals surface area contributed by atoms with Gasteiger partial charge in [-0.1, -0.05) is 30.4 Å². The Hall–Kier alpha value is -2.03. The van der Waals surface area contributed by atoms with Crippen molar-refractivity contribution in [1.82, 2.24) is 9.88 Å². The number of hydrogen-bond donors (Lipinski definition) is 1. The highest BCUT2D eigenvalue weighted by molar-refractivity contribution is 5.88. The summed E-state index contributed by atoms with van der Waals surface area (Å²) < 4.78 is 0. The zero-order valence-corrected chi connectivity index (χ0v) is 11.9. The molecule has 1 aromatic heterocycles. The van der Waals surface area contributed by atoms with Gasteiger partial charge in [0, 0.05) is 35.0 Å². The zero-order chi connectivity index (χ0) is 14.0. The van der Waals surface area contributed by atoms with Crippen LogP contribution in [0.5, 0.6) is 0 Å². The molecule has 1 amide bonds. The third-order valence-electron chi connectivity index (χ3n) is 5.57. The van der Waals surface area contributed by atoms with Crippen molar-refractivity contribution in [3.8, 4) is 0 Å². The van der Waals surface area contributed by atoms with Crippen LogP contribution in [0, 0.1) is 11.8 Å². The van der Waals surface area contributed by atoms with Crippen LogP contribution in [0.2, 0.25) is 0 Å². The van der Waals surface area contributed by atoms with Gasteiger partial charge in [0.15, 0.2) is 0 Å². The van der Waals surface area contributed by atoms with E-state index < -0.39 is 0 Å². The van der Waals surface area contributed by atoms with E-state index in [0.29, 0.717) is 11.8 Å². The van der Waals surface area contributed by atoms with Crippen LogP contribution >= 0.6 is 0 Å². The summed E-state index contributed by atoms with van der Waals surface area (Å²) >= 11 is 0. The van der Waals surface area contributed by atoms with Crippen LogP contribution in [0.25, 0.3) is 10.9 Å². The average Bonchev–Trinajstić information content (AvgIpc) is 3.04. The molecule has 1 saturated heterocycles. The third-order valence-corrected chi connectivity index (χ3v) is 5.57. The molecule has 3 atom stereocenters. The van der Waals surface area contributed by atoms with Crippen LogP contribution in [-0.2, 0) is 11.2 Å². The maximum atomic E-state index is 12.7. The molecule has 0 unspecified atom stereocenters. The number of amides is 1. The summed E-state index contributed by atoms with van der Waals surface area (Å²) in [6.45, 7) is 0.880. The number of H-pyrrole nitrogens is 1. The van der Waals surface area contributed by atoms with E-state index in [0.717, 1.165) is 25.8 Å². The highest BCUT2D eigenvalue weighted by Gasteiger charge is 2.50. The average molecular weight is 278 g/mol. The number of hydrogen-bond acceptors (Lipinski definition) is 1. The van der Waals surface area contributed by atoms with Crippen LogP contribution < -0.4 is 0 Å². The van der Waals surface area contributed by atoms with Crippen molar-refractivity contribution in [1.29, 1.82) is 0 Å². The van der Waals surface area contributed by atoms with Gasteiger partial charge in [-0.2, -0.15) is 0 Å². The zero-order valence-electron chi connectivity index (χ0n) is 11.9. The van der Waals surface area contributed by atoms with Gasteiger partial charge in [-0.05, 0) is 30.9 Å². The van der Waals surface area contributed by atoms with E-state index in [1.165, 1.54) is 22.2 Å². The van der Waals surface area contributed by atoms with Gasteiger partial charge >= 0.3 is 0 Å². The minimum atomic E-state index is 0.206. The normalized spacial score (nSPS) is 30.4. The number of carbonyl (C=O) groups is 1. The Balaban J connectivity index is 1.71. The molecule has 0 saturated carbocycles. The number of rotatable bonds is 0. The smallest absolute Gasteiger partial charge is 0.226 e. The summed E-state index contributed by atoms with van der Waals surface area (Å²) in [7, 11) is 0. The van der Waals surface area contributed by atoms with Gasteiger partial charge in [0.1, 0.15) is 0 Å². The van der Waals surface area contributed by atoms with E-state index in [4.69, 9.17) is 0 Å². The first-order valence-electron chi connectivity index (χ1n) is 7.89. The number of aromatic amines is 1. The summed E-state index contributed by atoms with van der Waals surface area (Å²) in [5.74, 6) is 1.03. The summed E-state index contributed by atoms with van der Waals surface area (Å²) in [5.41, 5.74) is 3.96. The molecule has 0 radical (unpaired) electrons. The van der Waals surface area contributed by atoms with Gasteiger partial charge in [-0.25, -0.2) is 0 Å². The number of para-hydroxylation sites is 1. The van der Waals surface area contributed by atoms with Gasteiger partial charge in [0.2, 0.25) is 5.91 Å². The van der Waals surface area contributed by atoms with Crippen LogP contribution in [0.3, 0.4) is 0 Å². The molecule has 0 bridgehead atoms. The molecule has 3 aliphatic rings. The van der Waals surface area contributed by atoms with Crippen molar-refractivity contribution in [2.24, 2.45) is 11.8 Å². The second-order valence-electron chi connectivity index (χ2n) is 6.50. The monoisotopic (exact) mass is 278 g/mol. The molecule has 21 heavy (non-hydrogen) atoms.